The molecule has 0 aliphatic rings. The van der Waals surface area contributed by atoms with Crippen LogP contribution in [0.4, 0.5) is 4.79 Å². The average molecular weight is 219 g/mol. The molecular formula is C11H25NO3. The molecule has 0 rings (SSSR count). The van der Waals surface area contributed by atoms with Gasteiger partial charge in [0.2, 0.25) is 0 Å². The molecule has 0 heterocycles. The van der Waals surface area contributed by atoms with Crippen LogP contribution in [0.15, 0.2) is 0 Å². The smallest absolute Gasteiger partial charge is 0.450 e. The van der Waals surface area contributed by atoms with E-state index < -0.39 is 6.16 Å². The van der Waals surface area contributed by atoms with Gasteiger partial charge in [-0.25, -0.2) is 4.79 Å². The van der Waals surface area contributed by atoms with Crippen LogP contribution in [-0.2, 0) is 0 Å². The van der Waals surface area contributed by atoms with Crippen molar-refractivity contribution in [2.45, 2.75) is 51.9 Å². The van der Waals surface area contributed by atoms with E-state index in [9.17, 15) is 0 Å². The van der Waals surface area contributed by atoms with Crippen molar-refractivity contribution in [2.75, 3.05) is 13.6 Å². The van der Waals surface area contributed by atoms with E-state index in [-0.39, 0.29) is 0 Å². The third-order valence-corrected chi connectivity index (χ3v) is 2.03. The summed E-state index contributed by atoms with van der Waals surface area (Å²) in [6.45, 7) is 3.45. The van der Waals surface area contributed by atoms with Crippen molar-refractivity contribution >= 4 is 6.16 Å². The molecule has 15 heavy (non-hydrogen) atoms. The van der Waals surface area contributed by atoms with E-state index in [1.165, 1.54) is 51.5 Å². The number of rotatable bonds is 8. The molecule has 4 nitrogen and oxygen atoms in total. The highest BCUT2D eigenvalue weighted by atomic mass is 16.6. The van der Waals surface area contributed by atoms with Gasteiger partial charge in [0.05, 0.1) is 0 Å². The van der Waals surface area contributed by atoms with Crippen molar-refractivity contribution in [1.29, 1.82) is 0 Å². The normalized spacial score (nSPS) is 9.20. The third-order valence-electron chi connectivity index (χ3n) is 2.03. The van der Waals surface area contributed by atoms with Gasteiger partial charge < -0.3 is 15.5 Å². The predicted molar refractivity (Wildman–Crippen MR) is 62.6 cm³/mol. The zero-order chi connectivity index (χ0) is 11.9. The molecule has 0 unspecified atom stereocenters. The van der Waals surface area contributed by atoms with Crippen molar-refractivity contribution in [1.82, 2.24) is 5.32 Å². The second-order valence-electron chi connectivity index (χ2n) is 3.51. The van der Waals surface area contributed by atoms with Crippen molar-refractivity contribution < 1.29 is 15.0 Å². The van der Waals surface area contributed by atoms with Crippen molar-refractivity contribution in [3.05, 3.63) is 0 Å². The zero-order valence-corrected chi connectivity index (χ0v) is 9.96. The summed E-state index contributed by atoms with van der Waals surface area (Å²) in [7, 11) is 2.02. The molecule has 0 aromatic heterocycles. The fraction of sp³-hybridized carbons (Fsp3) is 0.909. The van der Waals surface area contributed by atoms with Crippen LogP contribution in [0.1, 0.15) is 51.9 Å². The summed E-state index contributed by atoms with van der Waals surface area (Å²) in [6, 6.07) is 0. The second-order valence-corrected chi connectivity index (χ2v) is 3.51. The quantitative estimate of drug-likeness (QED) is 0.548. The summed E-state index contributed by atoms with van der Waals surface area (Å²) in [6.07, 6.45) is 8.02. The maximum Gasteiger partial charge on any atom is 0.503 e. The first kappa shape index (κ1) is 16.7. The molecule has 0 fully saturated rings. The van der Waals surface area contributed by atoms with E-state index in [1.807, 2.05) is 7.05 Å². The number of nitrogens with one attached hydrogen (secondary N) is 1. The lowest BCUT2D eigenvalue weighted by molar-refractivity contribution is 0.137. The molecule has 3 N–H and O–H groups in total. The maximum absolute atomic E-state index is 8.56. The molecule has 0 aromatic carbocycles. The Morgan fingerprint density at radius 2 is 1.40 bits per heavy atom. The van der Waals surface area contributed by atoms with Gasteiger partial charge in [-0.3, -0.25) is 0 Å². The van der Waals surface area contributed by atoms with Crippen molar-refractivity contribution in [3.63, 3.8) is 0 Å². The van der Waals surface area contributed by atoms with Crippen LogP contribution >= 0.6 is 0 Å². The number of carbonyl (C=O) groups is 1. The summed E-state index contributed by atoms with van der Waals surface area (Å²) in [4.78, 5) is 8.56. The molecule has 0 amide bonds. The summed E-state index contributed by atoms with van der Waals surface area (Å²) in [5.74, 6) is 0. The Morgan fingerprint density at radius 3 is 1.80 bits per heavy atom. The summed E-state index contributed by atoms with van der Waals surface area (Å²) < 4.78 is 0. The summed E-state index contributed by atoms with van der Waals surface area (Å²) in [5, 5.41) is 17.1. The number of unbranched alkanes of at least 4 members (excludes halogenated alkanes) is 6. The fourth-order valence-corrected chi connectivity index (χ4v) is 1.26. The first-order chi connectivity index (χ1) is 7.15. The highest BCUT2D eigenvalue weighted by Gasteiger charge is 1.88. The van der Waals surface area contributed by atoms with Crippen LogP contribution in [0, 0.1) is 0 Å². The van der Waals surface area contributed by atoms with Crippen molar-refractivity contribution in [2.24, 2.45) is 0 Å². The average Bonchev–Trinajstić information content (AvgIpc) is 2.16. The molecule has 4 heteroatoms. The standard InChI is InChI=1S/C10H23N.CH2O3/c1-3-4-5-6-7-8-9-10-11-2;2-1(3)4/h11H,3-10H2,1-2H3;(H2,2,3,4). The largest absolute Gasteiger partial charge is 0.503 e. The van der Waals surface area contributed by atoms with Crippen LogP contribution in [0.25, 0.3) is 0 Å². The Labute approximate surface area is 92.7 Å². The molecule has 0 saturated carbocycles. The van der Waals surface area contributed by atoms with Crippen LogP contribution in [-0.4, -0.2) is 30.0 Å². The molecule has 0 saturated heterocycles. The number of carboxylic acid groups (broad SMARTS) is 2. The van der Waals surface area contributed by atoms with E-state index in [1.54, 1.807) is 0 Å². The molecule has 0 aliphatic heterocycles. The van der Waals surface area contributed by atoms with Crippen LogP contribution in [0.3, 0.4) is 0 Å². The van der Waals surface area contributed by atoms with E-state index in [0.717, 1.165) is 0 Å². The van der Waals surface area contributed by atoms with Gasteiger partial charge in [-0.15, -0.1) is 0 Å². The summed E-state index contributed by atoms with van der Waals surface area (Å²) >= 11 is 0. The molecule has 0 bridgehead atoms. The molecular weight excluding hydrogens is 194 g/mol. The summed E-state index contributed by atoms with van der Waals surface area (Å²) in [5.41, 5.74) is 0. The lowest BCUT2D eigenvalue weighted by atomic mass is 10.1. The van der Waals surface area contributed by atoms with Gasteiger partial charge in [0.15, 0.2) is 0 Å². The molecule has 92 valence electrons. The van der Waals surface area contributed by atoms with E-state index in [2.05, 4.69) is 12.2 Å². The Bertz CT molecular complexity index is 117. The molecule has 0 radical (unpaired) electrons. The lowest BCUT2D eigenvalue weighted by Gasteiger charge is -1.99. The highest BCUT2D eigenvalue weighted by Crippen LogP contribution is 2.05. The fourth-order valence-electron chi connectivity index (χ4n) is 1.26. The van der Waals surface area contributed by atoms with Crippen LogP contribution in [0.2, 0.25) is 0 Å². The number of hydrogen-bond donors (Lipinski definition) is 3. The first-order valence-corrected chi connectivity index (χ1v) is 5.71. The zero-order valence-electron chi connectivity index (χ0n) is 9.96. The van der Waals surface area contributed by atoms with Crippen LogP contribution in [0.5, 0.6) is 0 Å². The first-order valence-electron chi connectivity index (χ1n) is 5.71. The van der Waals surface area contributed by atoms with Gasteiger partial charge in [-0.05, 0) is 20.0 Å². The Balaban J connectivity index is 0. The number of hydrogen-bond acceptors (Lipinski definition) is 2. The Kier molecular flexibility index (Phi) is 17.4. The molecule has 0 spiro atoms. The van der Waals surface area contributed by atoms with Gasteiger partial charge >= 0.3 is 6.16 Å². The Hall–Kier alpha value is -0.770. The maximum atomic E-state index is 8.56. The molecule has 0 aromatic rings. The van der Waals surface area contributed by atoms with Crippen molar-refractivity contribution in [3.8, 4) is 0 Å². The van der Waals surface area contributed by atoms with E-state index in [0.29, 0.717) is 0 Å². The minimum Gasteiger partial charge on any atom is -0.450 e. The minimum absolute atomic E-state index is 1.19. The third kappa shape index (κ3) is 31.9. The van der Waals surface area contributed by atoms with Gasteiger partial charge in [-0.1, -0.05) is 45.4 Å². The van der Waals surface area contributed by atoms with Gasteiger partial charge in [-0.2, -0.15) is 0 Å². The van der Waals surface area contributed by atoms with Gasteiger partial charge in [0.25, 0.3) is 0 Å². The minimum atomic E-state index is -1.83. The lowest BCUT2D eigenvalue weighted by Crippen LogP contribution is -2.06. The predicted octanol–water partition coefficient (Wildman–Crippen LogP) is 3.18. The molecule has 0 aliphatic carbocycles. The Morgan fingerprint density at radius 1 is 1.00 bits per heavy atom. The van der Waals surface area contributed by atoms with E-state index >= 15 is 0 Å². The topological polar surface area (TPSA) is 69.6 Å². The SMILES string of the molecule is CCCCCCCCCNC.O=C(O)O. The van der Waals surface area contributed by atoms with Crippen LogP contribution < -0.4 is 5.32 Å². The molecule has 0 atom stereocenters. The van der Waals surface area contributed by atoms with Gasteiger partial charge in [0.1, 0.15) is 0 Å². The van der Waals surface area contributed by atoms with E-state index in [4.69, 9.17) is 15.0 Å². The highest BCUT2D eigenvalue weighted by molar-refractivity contribution is 5.53. The second kappa shape index (κ2) is 15.7. The monoisotopic (exact) mass is 219 g/mol. The van der Waals surface area contributed by atoms with Gasteiger partial charge in [0, 0.05) is 0 Å².